The molecule has 17 heavy (non-hydrogen) atoms. The molecule has 2 N–H and O–H groups in total. The molecule has 0 aliphatic heterocycles. The van der Waals surface area contributed by atoms with Crippen LogP contribution in [-0.4, -0.2) is 28.4 Å². The van der Waals surface area contributed by atoms with Gasteiger partial charge in [0, 0.05) is 0 Å². The molecule has 0 unspecified atom stereocenters. The average Bonchev–Trinajstić information content (AvgIpc) is 2.28. The number of aromatic nitrogens is 2. The number of aromatic amines is 1. The number of carboxylic acids is 1. The lowest BCUT2D eigenvalue weighted by molar-refractivity contribution is 0.0688. The molecule has 0 aliphatic carbocycles. The second-order valence-electron chi connectivity index (χ2n) is 3.24. The maximum absolute atomic E-state index is 11.8. The Morgan fingerprint density at radius 1 is 1.53 bits per heavy atom. The topological polar surface area (TPSA) is 92.3 Å². The Balaban J connectivity index is 2.85. The van der Waals surface area contributed by atoms with Crippen LogP contribution in [0.1, 0.15) is 10.5 Å². The fourth-order valence-electron chi connectivity index (χ4n) is 1.43. The molecule has 1 aromatic heterocycles. The number of ether oxygens (including phenoxy) is 1. The van der Waals surface area contributed by atoms with Gasteiger partial charge < -0.3 is 9.84 Å². The Kier molecular flexibility index (Phi) is 2.72. The Morgan fingerprint density at radius 2 is 2.24 bits per heavy atom. The predicted molar refractivity (Wildman–Crippen MR) is 60.9 cm³/mol. The lowest BCUT2D eigenvalue weighted by Gasteiger charge is -2.05. The molecule has 0 saturated carbocycles. The number of nitrogens with one attached hydrogen (secondary N) is 1. The molecule has 0 amide bonds. The molecule has 0 saturated heterocycles. The van der Waals surface area contributed by atoms with Crippen LogP contribution >= 0.6 is 11.6 Å². The number of halogens is 1. The van der Waals surface area contributed by atoms with Gasteiger partial charge >= 0.3 is 5.97 Å². The molecule has 0 radical (unpaired) electrons. The summed E-state index contributed by atoms with van der Waals surface area (Å²) in [7, 11) is 1.40. The lowest BCUT2D eigenvalue weighted by Crippen LogP contribution is -2.18. The van der Waals surface area contributed by atoms with E-state index in [0.717, 1.165) is 0 Å². The monoisotopic (exact) mass is 254 g/mol. The summed E-state index contributed by atoms with van der Waals surface area (Å²) in [5, 5.41) is 15.2. The van der Waals surface area contributed by atoms with Crippen LogP contribution in [0.4, 0.5) is 0 Å². The minimum atomic E-state index is -1.39. The number of nitrogens with zero attached hydrogens (tertiary/aromatic N) is 1. The van der Waals surface area contributed by atoms with Gasteiger partial charge in [0.25, 0.3) is 0 Å². The van der Waals surface area contributed by atoms with E-state index in [0.29, 0.717) is 16.3 Å². The molecule has 88 valence electrons. The van der Waals surface area contributed by atoms with Gasteiger partial charge in [-0.15, -0.1) is 0 Å². The minimum Gasteiger partial charge on any atom is -0.495 e. The van der Waals surface area contributed by atoms with Crippen molar-refractivity contribution in [3.8, 4) is 5.75 Å². The average molecular weight is 255 g/mol. The highest BCUT2D eigenvalue weighted by Crippen LogP contribution is 2.27. The molecule has 0 bridgehead atoms. The summed E-state index contributed by atoms with van der Waals surface area (Å²) in [6.45, 7) is 0. The number of aromatic carboxylic acids is 1. The highest BCUT2D eigenvalue weighted by atomic mass is 35.5. The van der Waals surface area contributed by atoms with Gasteiger partial charge in [0.05, 0.1) is 23.0 Å². The van der Waals surface area contributed by atoms with Gasteiger partial charge in [0.2, 0.25) is 11.1 Å². The predicted octanol–water partition coefficient (Wildman–Crippen LogP) is 1.28. The number of rotatable bonds is 2. The number of hydrogen-bond acceptors (Lipinski definition) is 4. The minimum absolute atomic E-state index is 0.165. The first-order valence-corrected chi connectivity index (χ1v) is 4.91. The lowest BCUT2D eigenvalue weighted by atomic mass is 10.2. The summed E-state index contributed by atoms with van der Waals surface area (Å²) in [4.78, 5) is 22.5. The van der Waals surface area contributed by atoms with Crippen molar-refractivity contribution in [2.45, 2.75) is 0 Å². The van der Waals surface area contributed by atoms with Crippen LogP contribution in [0.2, 0.25) is 5.02 Å². The molecule has 6 nitrogen and oxygen atoms in total. The van der Waals surface area contributed by atoms with Crippen LogP contribution in [0.3, 0.4) is 0 Å². The van der Waals surface area contributed by atoms with Gasteiger partial charge in [-0.05, 0) is 12.1 Å². The van der Waals surface area contributed by atoms with Crippen molar-refractivity contribution >= 4 is 28.5 Å². The second kappa shape index (κ2) is 4.06. The quantitative estimate of drug-likeness (QED) is 0.842. The van der Waals surface area contributed by atoms with Crippen LogP contribution in [0, 0.1) is 0 Å². The first kappa shape index (κ1) is 11.4. The van der Waals surface area contributed by atoms with Gasteiger partial charge in [0.15, 0.2) is 0 Å². The van der Waals surface area contributed by atoms with Crippen LogP contribution in [0.5, 0.6) is 5.75 Å². The van der Waals surface area contributed by atoms with Crippen LogP contribution in [0.15, 0.2) is 16.9 Å². The highest BCUT2D eigenvalue weighted by molar-refractivity contribution is 6.32. The second-order valence-corrected chi connectivity index (χ2v) is 3.65. The summed E-state index contributed by atoms with van der Waals surface area (Å²) in [6, 6.07) is 2.83. The first-order chi connectivity index (χ1) is 8.04. The molecular formula is C10H7ClN2O4. The molecule has 0 atom stereocenters. The zero-order valence-electron chi connectivity index (χ0n) is 8.65. The van der Waals surface area contributed by atoms with Gasteiger partial charge in [-0.2, -0.15) is 5.10 Å². The maximum atomic E-state index is 11.8. The van der Waals surface area contributed by atoms with Gasteiger partial charge in [-0.3, -0.25) is 9.89 Å². The zero-order valence-corrected chi connectivity index (χ0v) is 9.41. The molecule has 0 aliphatic rings. The Hall–Kier alpha value is -2.08. The third-order valence-corrected chi connectivity index (χ3v) is 2.54. The fraction of sp³-hybridized carbons (Fsp3) is 0.100. The van der Waals surface area contributed by atoms with E-state index < -0.39 is 17.1 Å². The molecular weight excluding hydrogens is 248 g/mol. The van der Waals surface area contributed by atoms with Crippen molar-refractivity contribution < 1.29 is 14.6 Å². The van der Waals surface area contributed by atoms with Crippen molar-refractivity contribution in [3.05, 3.63) is 33.1 Å². The fourth-order valence-corrected chi connectivity index (χ4v) is 1.67. The Labute approximate surface area is 99.8 Å². The molecule has 0 spiro atoms. The summed E-state index contributed by atoms with van der Waals surface area (Å²) in [6.07, 6.45) is 0. The van der Waals surface area contributed by atoms with Crippen molar-refractivity contribution in [2.75, 3.05) is 7.11 Å². The van der Waals surface area contributed by atoms with E-state index in [1.807, 2.05) is 0 Å². The van der Waals surface area contributed by atoms with Crippen molar-refractivity contribution in [1.82, 2.24) is 10.2 Å². The zero-order chi connectivity index (χ0) is 12.6. The van der Waals surface area contributed by atoms with E-state index in [2.05, 4.69) is 10.2 Å². The number of benzene rings is 1. The molecule has 7 heteroatoms. The Morgan fingerprint density at radius 3 is 2.82 bits per heavy atom. The first-order valence-electron chi connectivity index (χ1n) is 4.54. The molecule has 0 fully saturated rings. The number of hydrogen-bond donors (Lipinski definition) is 2. The summed E-state index contributed by atoms with van der Waals surface area (Å²) < 4.78 is 4.96. The van der Waals surface area contributed by atoms with Crippen molar-refractivity contribution in [1.29, 1.82) is 0 Å². The molecule has 1 heterocycles. The third kappa shape index (κ3) is 1.83. The number of carbonyl (C=O) groups is 1. The molecule has 2 aromatic rings. The van der Waals surface area contributed by atoms with E-state index in [1.54, 1.807) is 0 Å². The number of carboxylic acid groups (broad SMARTS) is 1. The highest BCUT2D eigenvalue weighted by Gasteiger charge is 2.15. The van der Waals surface area contributed by atoms with Crippen LogP contribution in [0.25, 0.3) is 10.9 Å². The van der Waals surface area contributed by atoms with Gasteiger partial charge in [-0.1, -0.05) is 11.6 Å². The number of methoxy groups -OCH3 is 1. The largest absolute Gasteiger partial charge is 0.495 e. The maximum Gasteiger partial charge on any atom is 0.360 e. The van der Waals surface area contributed by atoms with E-state index in [1.165, 1.54) is 19.2 Å². The molecule has 2 rings (SSSR count). The van der Waals surface area contributed by atoms with Gasteiger partial charge in [0.1, 0.15) is 5.75 Å². The van der Waals surface area contributed by atoms with E-state index >= 15 is 0 Å². The molecule has 1 aromatic carbocycles. The van der Waals surface area contributed by atoms with Gasteiger partial charge in [-0.25, -0.2) is 4.79 Å². The smallest absolute Gasteiger partial charge is 0.360 e. The van der Waals surface area contributed by atoms with E-state index in [9.17, 15) is 9.59 Å². The van der Waals surface area contributed by atoms with E-state index in [-0.39, 0.29) is 5.39 Å². The summed E-state index contributed by atoms with van der Waals surface area (Å²) in [5.74, 6) is -1.09. The van der Waals surface area contributed by atoms with Crippen LogP contribution in [-0.2, 0) is 0 Å². The third-order valence-electron chi connectivity index (χ3n) is 2.24. The van der Waals surface area contributed by atoms with Crippen molar-refractivity contribution in [3.63, 3.8) is 0 Å². The van der Waals surface area contributed by atoms with Crippen molar-refractivity contribution in [2.24, 2.45) is 0 Å². The number of H-pyrrole nitrogens is 1. The summed E-state index contributed by atoms with van der Waals surface area (Å²) in [5.41, 5.74) is -0.895. The Bertz CT molecular complexity index is 665. The summed E-state index contributed by atoms with van der Waals surface area (Å²) >= 11 is 5.87. The van der Waals surface area contributed by atoms with Crippen LogP contribution < -0.4 is 10.2 Å². The van der Waals surface area contributed by atoms with E-state index in [4.69, 9.17) is 21.4 Å². The standard InChI is InChI=1S/C10H7ClN2O4/c1-17-7-2-4-6(3-5(7)11)12-13-8(9(4)14)10(15)16/h2-3H,1H3,(H,12,14)(H,15,16). The normalized spacial score (nSPS) is 10.5. The number of fused-ring (bicyclic) bond motifs is 1. The SMILES string of the molecule is COc1cc2c(=O)c(C(=O)O)n[nH]c2cc1Cl.